The van der Waals surface area contributed by atoms with Gasteiger partial charge in [-0.1, -0.05) is 11.6 Å². The van der Waals surface area contributed by atoms with Crippen LogP contribution in [-0.2, 0) is 4.79 Å². The van der Waals surface area contributed by atoms with Crippen molar-refractivity contribution in [2.45, 2.75) is 25.3 Å². The minimum atomic E-state index is -1.03. The molecule has 7 heteroatoms. The van der Waals surface area contributed by atoms with Crippen LogP contribution in [0.2, 0.25) is 5.02 Å². The SMILES string of the molecule is O=C(O)C1CCCCN1C(=O)Nc1ccc(Cl)c(F)c1. The average Bonchev–Trinajstić information content (AvgIpc) is 2.43. The quantitative estimate of drug-likeness (QED) is 0.882. The van der Waals surface area contributed by atoms with Gasteiger partial charge in [0.1, 0.15) is 11.9 Å². The number of urea groups is 1. The summed E-state index contributed by atoms with van der Waals surface area (Å²) < 4.78 is 13.3. The van der Waals surface area contributed by atoms with Crippen molar-refractivity contribution < 1.29 is 19.1 Å². The molecule has 1 unspecified atom stereocenters. The van der Waals surface area contributed by atoms with E-state index in [0.717, 1.165) is 18.9 Å². The fourth-order valence-electron chi connectivity index (χ4n) is 2.20. The van der Waals surface area contributed by atoms with Gasteiger partial charge in [0, 0.05) is 12.2 Å². The Kier molecular flexibility index (Phi) is 4.44. The number of piperidine rings is 1. The van der Waals surface area contributed by atoms with Crippen LogP contribution < -0.4 is 5.32 Å². The number of halogens is 2. The lowest BCUT2D eigenvalue weighted by atomic mass is 10.0. The zero-order valence-corrected chi connectivity index (χ0v) is 11.4. The van der Waals surface area contributed by atoms with Crippen molar-refractivity contribution in [1.29, 1.82) is 0 Å². The first-order chi connectivity index (χ1) is 9.49. The van der Waals surface area contributed by atoms with Gasteiger partial charge in [0.2, 0.25) is 0 Å². The van der Waals surface area contributed by atoms with E-state index in [4.69, 9.17) is 16.7 Å². The fraction of sp³-hybridized carbons (Fsp3) is 0.385. The van der Waals surface area contributed by atoms with Crippen LogP contribution >= 0.6 is 11.6 Å². The molecule has 108 valence electrons. The van der Waals surface area contributed by atoms with Crippen molar-refractivity contribution in [3.63, 3.8) is 0 Å². The Morgan fingerprint density at radius 2 is 2.15 bits per heavy atom. The summed E-state index contributed by atoms with van der Waals surface area (Å²) in [4.78, 5) is 24.5. The van der Waals surface area contributed by atoms with Crippen molar-refractivity contribution in [3.05, 3.63) is 29.0 Å². The van der Waals surface area contributed by atoms with Gasteiger partial charge in [-0.15, -0.1) is 0 Å². The van der Waals surface area contributed by atoms with Crippen LogP contribution in [-0.4, -0.2) is 34.6 Å². The fourth-order valence-corrected chi connectivity index (χ4v) is 2.32. The first-order valence-corrected chi connectivity index (χ1v) is 6.62. The van der Waals surface area contributed by atoms with E-state index >= 15 is 0 Å². The van der Waals surface area contributed by atoms with Crippen molar-refractivity contribution in [2.24, 2.45) is 0 Å². The van der Waals surface area contributed by atoms with E-state index in [-0.39, 0.29) is 10.7 Å². The third-order valence-corrected chi connectivity index (χ3v) is 3.53. The molecule has 2 rings (SSSR count). The van der Waals surface area contributed by atoms with Crippen molar-refractivity contribution in [1.82, 2.24) is 4.90 Å². The molecule has 1 fully saturated rings. The minimum absolute atomic E-state index is 0.0376. The van der Waals surface area contributed by atoms with E-state index in [1.54, 1.807) is 0 Å². The molecule has 2 amide bonds. The van der Waals surface area contributed by atoms with Crippen LogP contribution in [0.25, 0.3) is 0 Å². The third kappa shape index (κ3) is 3.19. The molecule has 0 spiro atoms. The van der Waals surface area contributed by atoms with Crippen molar-refractivity contribution in [3.8, 4) is 0 Å². The Morgan fingerprint density at radius 1 is 1.40 bits per heavy atom. The zero-order chi connectivity index (χ0) is 14.7. The molecule has 0 aliphatic carbocycles. The van der Waals surface area contributed by atoms with Crippen LogP contribution in [0.3, 0.4) is 0 Å². The van der Waals surface area contributed by atoms with Crippen molar-refractivity contribution >= 4 is 29.3 Å². The molecule has 1 aromatic rings. The van der Waals surface area contributed by atoms with Crippen LogP contribution in [0.5, 0.6) is 0 Å². The van der Waals surface area contributed by atoms with Gasteiger partial charge < -0.3 is 15.3 Å². The second-order valence-electron chi connectivity index (χ2n) is 4.60. The molecule has 1 atom stereocenters. The second kappa shape index (κ2) is 6.09. The third-order valence-electron chi connectivity index (χ3n) is 3.22. The summed E-state index contributed by atoms with van der Waals surface area (Å²) in [6.45, 7) is 0.374. The topological polar surface area (TPSA) is 69.6 Å². The highest BCUT2D eigenvalue weighted by Gasteiger charge is 2.31. The molecular formula is C13H14ClFN2O3. The average molecular weight is 301 g/mol. The first kappa shape index (κ1) is 14.6. The number of aliphatic carboxylic acids is 1. The predicted octanol–water partition coefficient (Wildman–Crippen LogP) is 2.95. The number of anilines is 1. The van der Waals surface area contributed by atoms with Crippen LogP contribution in [0.15, 0.2) is 18.2 Å². The molecule has 0 radical (unpaired) electrons. The first-order valence-electron chi connectivity index (χ1n) is 6.24. The van der Waals surface area contributed by atoms with Gasteiger partial charge in [-0.05, 0) is 37.5 Å². The molecular weight excluding hydrogens is 287 g/mol. The largest absolute Gasteiger partial charge is 0.480 e. The molecule has 1 aromatic carbocycles. The molecule has 5 nitrogen and oxygen atoms in total. The number of nitrogens with zero attached hydrogens (tertiary/aromatic N) is 1. The van der Waals surface area contributed by atoms with E-state index in [1.807, 2.05) is 0 Å². The maximum Gasteiger partial charge on any atom is 0.326 e. The molecule has 1 heterocycles. The van der Waals surface area contributed by atoms with E-state index in [9.17, 15) is 14.0 Å². The summed E-state index contributed by atoms with van der Waals surface area (Å²) in [6.07, 6.45) is 1.96. The molecule has 0 bridgehead atoms. The summed E-state index contributed by atoms with van der Waals surface area (Å²) in [5.74, 6) is -1.67. The summed E-state index contributed by atoms with van der Waals surface area (Å²) in [5.41, 5.74) is 0.242. The number of likely N-dealkylation sites (tertiary alicyclic amines) is 1. The highest BCUT2D eigenvalue weighted by atomic mass is 35.5. The number of amides is 2. The van der Waals surface area contributed by atoms with E-state index in [1.165, 1.54) is 17.0 Å². The number of benzene rings is 1. The maximum absolute atomic E-state index is 13.3. The minimum Gasteiger partial charge on any atom is -0.480 e. The summed E-state index contributed by atoms with van der Waals surface area (Å²) in [5, 5.41) is 11.6. The number of carbonyl (C=O) groups is 2. The van der Waals surface area contributed by atoms with Gasteiger partial charge >= 0.3 is 12.0 Å². The number of carboxylic acids is 1. The number of nitrogens with one attached hydrogen (secondary N) is 1. The van der Waals surface area contributed by atoms with E-state index in [2.05, 4.69) is 5.32 Å². The molecule has 0 aromatic heterocycles. The highest BCUT2D eigenvalue weighted by Crippen LogP contribution is 2.21. The number of hydrogen-bond donors (Lipinski definition) is 2. The van der Waals surface area contributed by atoms with E-state index < -0.39 is 23.9 Å². The zero-order valence-electron chi connectivity index (χ0n) is 10.6. The number of carbonyl (C=O) groups excluding carboxylic acids is 1. The predicted molar refractivity (Wildman–Crippen MR) is 72.4 cm³/mol. The molecule has 20 heavy (non-hydrogen) atoms. The smallest absolute Gasteiger partial charge is 0.326 e. The Hall–Kier alpha value is -1.82. The lowest BCUT2D eigenvalue weighted by Gasteiger charge is -2.32. The second-order valence-corrected chi connectivity index (χ2v) is 5.01. The Labute approximate surface area is 120 Å². The highest BCUT2D eigenvalue weighted by molar-refractivity contribution is 6.30. The number of carboxylic acid groups (broad SMARTS) is 1. The van der Waals surface area contributed by atoms with E-state index in [0.29, 0.717) is 13.0 Å². The Morgan fingerprint density at radius 3 is 2.80 bits per heavy atom. The Bertz CT molecular complexity index is 538. The maximum atomic E-state index is 13.3. The lowest BCUT2D eigenvalue weighted by molar-refractivity contribution is -0.143. The van der Waals surface area contributed by atoms with Gasteiger partial charge in [0.15, 0.2) is 0 Å². The van der Waals surface area contributed by atoms with Crippen LogP contribution in [0.1, 0.15) is 19.3 Å². The summed E-state index contributed by atoms with van der Waals surface area (Å²) in [7, 11) is 0. The van der Waals surface area contributed by atoms with Crippen molar-refractivity contribution in [2.75, 3.05) is 11.9 Å². The molecule has 1 aliphatic heterocycles. The van der Waals surface area contributed by atoms with Gasteiger partial charge in [-0.25, -0.2) is 14.0 Å². The van der Waals surface area contributed by atoms with Crippen LogP contribution in [0, 0.1) is 5.82 Å². The molecule has 0 saturated carbocycles. The van der Waals surface area contributed by atoms with Gasteiger partial charge in [0.05, 0.1) is 5.02 Å². The van der Waals surface area contributed by atoms with Gasteiger partial charge in [-0.3, -0.25) is 0 Å². The number of rotatable bonds is 2. The molecule has 2 N–H and O–H groups in total. The standard InChI is InChI=1S/C13H14ClFN2O3/c14-9-5-4-8(7-10(9)15)16-13(20)17-6-2-1-3-11(17)12(18)19/h4-5,7,11H,1-3,6H2,(H,16,20)(H,18,19). The monoisotopic (exact) mass is 300 g/mol. The molecule has 1 aliphatic rings. The Balaban J connectivity index is 2.09. The van der Waals surface area contributed by atoms with Gasteiger partial charge in [0.25, 0.3) is 0 Å². The molecule has 1 saturated heterocycles. The normalized spacial score (nSPS) is 18.7. The lowest BCUT2D eigenvalue weighted by Crippen LogP contribution is -2.49. The van der Waals surface area contributed by atoms with Crippen LogP contribution in [0.4, 0.5) is 14.9 Å². The summed E-state index contributed by atoms with van der Waals surface area (Å²) >= 11 is 5.55. The number of hydrogen-bond acceptors (Lipinski definition) is 2. The van der Waals surface area contributed by atoms with Gasteiger partial charge in [-0.2, -0.15) is 0 Å². The summed E-state index contributed by atoms with van der Waals surface area (Å²) in [6, 6.07) is 2.51.